The maximum Gasteiger partial charge on any atom is 0.247 e. The van der Waals surface area contributed by atoms with Gasteiger partial charge in [0.2, 0.25) is 21.8 Å². The molecule has 0 aromatic heterocycles. The van der Waals surface area contributed by atoms with Gasteiger partial charge in [-0.25, -0.2) is 12.7 Å². The topological polar surface area (TPSA) is 86.8 Å². The van der Waals surface area contributed by atoms with E-state index < -0.39 is 16.1 Å². The molecule has 0 radical (unpaired) electrons. The Kier molecular flexibility index (Phi) is 6.72. The Morgan fingerprint density at radius 3 is 2.43 bits per heavy atom. The van der Waals surface area contributed by atoms with Gasteiger partial charge in [0, 0.05) is 32.6 Å². The van der Waals surface area contributed by atoms with E-state index >= 15 is 0 Å². The Bertz CT molecular complexity index is 789. The second-order valence-electron chi connectivity index (χ2n) is 7.71. The molecule has 0 saturated carbocycles. The molecule has 2 fully saturated rings. The van der Waals surface area contributed by atoms with E-state index in [2.05, 4.69) is 5.32 Å². The first-order valence-corrected chi connectivity index (χ1v) is 11.8. The van der Waals surface area contributed by atoms with Crippen molar-refractivity contribution in [2.45, 2.75) is 38.1 Å². The van der Waals surface area contributed by atoms with Crippen LogP contribution in [0.3, 0.4) is 0 Å². The molecule has 2 aliphatic rings. The van der Waals surface area contributed by atoms with Gasteiger partial charge in [0.05, 0.1) is 6.26 Å². The fraction of sp³-hybridized carbons (Fsp3) is 0.600. The van der Waals surface area contributed by atoms with Gasteiger partial charge in [-0.2, -0.15) is 0 Å². The third kappa shape index (κ3) is 5.11. The summed E-state index contributed by atoms with van der Waals surface area (Å²) in [4.78, 5) is 27.2. The first kappa shape index (κ1) is 20.8. The van der Waals surface area contributed by atoms with Gasteiger partial charge in [0.1, 0.15) is 6.04 Å². The van der Waals surface area contributed by atoms with Crippen LogP contribution in [0.2, 0.25) is 0 Å². The zero-order chi connectivity index (χ0) is 20.1. The van der Waals surface area contributed by atoms with Crippen LogP contribution in [0.25, 0.3) is 0 Å². The summed E-state index contributed by atoms with van der Waals surface area (Å²) in [5.41, 5.74) is 0.821. The van der Waals surface area contributed by atoms with Gasteiger partial charge in [-0.05, 0) is 37.2 Å². The van der Waals surface area contributed by atoms with Crippen molar-refractivity contribution in [1.82, 2.24) is 14.5 Å². The molecule has 1 unspecified atom stereocenters. The van der Waals surface area contributed by atoms with Crippen molar-refractivity contribution in [2.75, 3.05) is 32.4 Å². The molecule has 7 nitrogen and oxygen atoms in total. The summed E-state index contributed by atoms with van der Waals surface area (Å²) in [6.07, 6.45) is 4.96. The van der Waals surface area contributed by atoms with Crippen molar-refractivity contribution in [3.05, 3.63) is 35.9 Å². The quantitative estimate of drug-likeness (QED) is 0.775. The van der Waals surface area contributed by atoms with Crippen molar-refractivity contribution >= 4 is 21.8 Å². The first-order chi connectivity index (χ1) is 13.4. The van der Waals surface area contributed by atoms with E-state index in [1.807, 2.05) is 30.3 Å². The molecule has 1 aromatic rings. The molecule has 2 aliphatic heterocycles. The maximum atomic E-state index is 13.0. The van der Waals surface area contributed by atoms with Crippen LogP contribution in [-0.4, -0.2) is 61.9 Å². The zero-order valence-electron chi connectivity index (χ0n) is 16.3. The molecule has 154 valence electrons. The number of benzene rings is 1. The molecule has 8 heteroatoms. The van der Waals surface area contributed by atoms with Crippen molar-refractivity contribution in [2.24, 2.45) is 5.92 Å². The number of piperidine rings is 2. The molecule has 1 N–H and O–H groups in total. The maximum absolute atomic E-state index is 13.0. The van der Waals surface area contributed by atoms with E-state index in [0.29, 0.717) is 32.6 Å². The van der Waals surface area contributed by atoms with Gasteiger partial charge in [-0.3, -0.25) is 9.59 Å². The lowest BCUT2D eigenvalue weighted by molar-refractivity contribution is -0.142. The second-order valence-corrected chi connectivity index (χ2v) is 9.69. The third-order valence-corrected chi connectivity index (χ3v) is 6.95. The first-order valence-electron chi connectivity index (χ1n) is 9.93. The monoisotopic (exact) mass is 407 g/mol. The van der Waals surface area contributed by atoms with Crippen LogP contribution in [0.15, 0.2) is 30.3 Å². The fourth-order valence-corrected chi connectivity index (χ4v) is 4.87. The van der Waals surface area contributed by atoms with Gasteiger partial charge < -0.3 is 10.2 Å². The number of nitrogens with one attached hydrogen (secondary N) is 1. The molecule has 3 rings (SSSR count). The van der Waals surface area contributed by atoms with Gasteiger partial charge >= 0.3 is 0 Å². The number of carbonyl (C=O) groups excluding carboxylic acids is 2. The smallest absolute Gasteiger partial charge is 0.247 e. The van der Waals surface area contributed by atoms with Gasteiger partial charge in [-0.1, -0.05) is 30.3 Å². The number of amides is 2. The summed E-state index contributed by atoms with van der Waals surface area (Å²) >= 11 is 0. The molecule has 2 saturated heterocycles. The lowest BCUT2D eigenvalue weighted by Gasteiger charge is -2.35. The lowest BCUT2D eigenvalue weighted by atomic mass is 9.97. The molecule has 28 heavy (non-hydrogen) atoms. The normalized spacial score (nSPS) is 20.8. The average molecular weight is 408 g/mol. The molecule has 0 bridgehead atoms. The number of carbonyl (C=O) groups is 2. The summed E-state index contributed by atoms with van der Waals surface area (Å²) < 4.78 is 24.8. The van der Waals surface area contributed by atoms with E-state index in [0.717, 1.165) is 31.2 Å². The summed E-state index contributed by atoms with van der Waals surface area (Å²) in [5.74, 6) is 0.110. The predicted molar refractivity (Wildman–Crippen MR) is 107 cm³/mol. The third-order valence-electron chi connectivity index (χ3n) is 5.64. The number of hydrogen-bond acceptors (Lipinski definition) is 4. The highest BCUT2D eigenvalue weighted by Gasteiger charge is 2.33. The number of hydrogen-bond donors (Lipinski definition) is 1. The molecular formula is C20H29N3O4S. The Morgan fingerprint density at radius 1 is 1.14 bits per heavy atom. The largest absolute Gasteiger partial charge is 0.354 e. The lowest BCUT2D eigenvalue weighted by Crippen LogP contribution is -2.47. The molecule has 0 spiro atoms. The minimum Gasteiger partial charge on any atom is -0.354 e. The van der Waals surface area contributed by atoms with E-state index in [1.54, 1.807) is 4.90 Å². The van der Waals surface area contributed by atoms with Crippen LogP contribution >= 0.6 is 0 Å². The van der Waals surface area contributed by atoms with Gasteiger partial charge in [-0.15, -0.1) is 0 Å². The van der Waals surface area contributed by atoms with E-state index in [9.17, 15) is 18.0 Å². The summed E-state index contributed by atoms with van der Waals surface area (Å²) in [5, 5.41) is 3.02. The molecule has 2 heterocycles. The van der Waals surface area contributed by atoms with Gasteiger partial charge in [0.15, 0.2) is 0 Å². The van der Waals surface area contributed by atoms with Crippen LogP contribution in [0, 0.1) is 5.92 Å². The predicted octanol–water partition coefficient (Wildman–Crippen LogP) is 1.53. The zero-order valence-corrected chi connectivity index (χ0v) is 17.2. The minimum atomic E-state index is -3.15. The number of rotatable bonds is 6. The highest BCUT2D eigenvalue weighted by Crippen LogP contribution is 2.26. The van der Waals surface area contributed by atoms with Crippen LogP contribution < -0.4 is 5.32 Å². The van der Waals surface area contributed by atoms with Gasteiger partial charge in [0.25, 0.3) is 0 Å². The highest BCUT2D eigenvalue weighted by atomic mass is 32.2. The standard InChI is InChI=1S/C20H29N3O4S/c1-28(26,27)22-13-10-16(11-14-22)15-21-20(25)19(17-7-3-2-4-8-17)23-12-6-5-9-18(23)24/h2-4,7-8,16,19H,5-6,9-15H2,1H3,(H,21,25). The van der Waals surface area contributed by atoms with Crippen molar-refractivity contribution < 1.29 is 18.0 Å². The van der Waals surface area contributed by atoms with Crippen molar-refractivity contribution in [3.63, 3.8) is 0 Å². The number of sulfonamides is 1. The number of likely N-dealkylation sites (tertiary alicyclic amines) is 1. The van der Waals surface area contributed by atoms with Crippen molar-refractivity contribution in [3.8, 4) is 0 Å². The van der Waals surface area contributed by atoms with Crippen LogP contribution in [0.1, 0.15) is 43.7 Å². The molecule has 2 amide bonds. The minimum absolute atomic E-state index is 0.0247. The number of nitrogens with zero attached hydrogens (tertiary/aromatic N) is 2. The average Bonchev–Trinajstić information content (AvgIpc) is 2.68. The van der Waals surface area contributed by atoms with E-state index in [4.69, 9.17) is 0 Å². The van der Waals surface area contributed by atoms with Crippen molar-refractivity contribution in [1.29, 1.82) is 0 Å². The Labute approximate surface area is 167 Å². The summed E-state index contributed by atoms with van der Waals surface area (Å²) in [7, 11) is -3.15. The van der Waals surface area contributed by atoms with Crippen LogP contribution in [0.5, 0.6) is 0 Å². The summed E-state index contributed by atoms with van der Waals surface area (Å²) in [6.45, 7) is 2.08. The Hall–Kier alpha value is -1.93. The Morgan fingerprint density at radius 2 is 1.82 bits per heavy atom. The van der Waals surface area contributed by atoms with Crippen LogP contribution in [0.4, 0.5) is 0 Å². The Balaban J connectivity index is 1.63. The summed E-state index contributed by atoms with van der Waals surface area (Å²) in [6, 6.07) is 8.82. The molecule has 1 atom stereocenters. The highest BCUT2D eigenvalue weighted by molar-refractivity contribution is 7.88. The molecular weight excluding hydrogens is 378 g/mol. The van der Waals surface area contributed by atoms with E-state index in [-0.39, 0.29) is 17.7 Å². The van der Waals surface area contributed by atoms with Crippen LogP contribution in [-0.2, 0) is 19.6 Å². The molecule has 1 aromatic carbocycles. The SMILES string of the molecule is CS(=O)(=O)N1CCC(CNC(=O)C(c2ccccc2)N2CCCCC2=O)CC1. The molecule has 0 aliphatic carbocycles. The van der Waals surface area contributed by atoms with E-state index in [1.165, 1.54) is 10.6 Å². The second kappa shape index (κ2) is 9.05. The fourth-order valence-electron chi connectivity index (χ4n) is 3.99.